The standard InChI is InChI=1S/C19H25NO3/c1-15(14-21)20(12-16-4-8-18(22-2)9-5-16)13-17-6-10-19(23-3)11-7-17/h4-11,15,21H,12-14H2,1-3H3/t15-/m1/s1. The topological polar surface area (TPSA) is 41.9 Å². The van der Waals surface area contributed by atoms with E-state index in [9.17, 15) is 5.11 Å². The van der Waals surface area contributed by atoms with E-state index >= 15 is 0 Å². The van der Waals surface area contributed by atoms with E-state index < -0.39 is 0 Å². The summed E-state index contributed by atoms with van der Waals surface area (Å²) in [5.41, 5.74) is 2.39. The van der Waals surface area contributed by atoms with Crippen LogP contribution < -0.4 is 9.47 Å². The first kappa shape index (κ1) is 17.3. The van der Waals surface area contributed by atoms with Gasteiger partial charge in [-0.25, -0.2) is 0 Å². The molecule has 0 unspecified atom stereocenters. The van der Waals surface area contributed by atoms with Crippen molar-refractivity contribution in [3.8, 4) is 11.5 Å². The normalized spacial score (nSPS) is 12.2. The second-order valence-electron chi connectivity index (χ2n) is 5.63. The first-order chi connectivity index (χ1) is 11.2. The van der Waals surface area contributed by atoms with E-state index in [-0.39, 0.29) is 12.6 Å². The molecule has 0 bridgehead atoms. The number of benzene rings is 2. The predicted octanol–water partition coefficient (Wildman–Crippen LogP) is 3.09. The van der Waals surface area contributed by atoms with Crippen LogP contribution in [0.15, 0.2) is 48.5 Å². The van der Waals surface area contributed by atoms with Gasteiger partial charge in [-0.3, -0.25) is 4.90 Å². The van der Waals surface area contributed by atoms with Gasteiger partial charge < -0.3 is 14.6 Å². The monoisotopic (exact) mass is 315 g/mol. The number of hydrogen-bond donors (Lipinski definition) is 1. The van der Waals surface area contributed by atoms with Gasteiger partial charge in [-0.05, 0) is 42.3 Å². The van der Waals surface area contributed by atoms with Crippen LogP contribution in [0, 0.1) is 0 Å². The van der Waals surface area contributed by atoms with Crippen molar-refractivity contribution in [3.05, 3.63) is 59.7 Å². The average Bonchev–Trinajstić information content (AvgIpc) is 2.61. The van der Waals surface area contributed by atoms with Crippen molar-refractivity contribution < 1.29 is 14.6 Å². The van der Waals surface area contributed by atoms with Crippen LogP contribution >= 0.6 is 0 Å². The Labute approximate surface area is 138 Å². The van der Waals surface area contributed by atoms with E-state index in [0.29, 0.717) is 0 Å². The summed E-state index contributed by atoms with van der Waals surface area (Å²) in [5.74, 6) is 1.70. The Morgan fingerprint density at radius 3 is 1.52 bits per heavy atom. The molecule has 23 heavy (non-hydrogen) atoms. The van der Waals surface area contributed by atoms with E-state index in [1.807, 2.05) is 31.2 Å². The van der Waals surface area contributed by atoms with Crippen molar-refractivity contribution in [3.63, 3.8) is 0 Å². The van der Waals surface area contributed by atoms with Crippen LogP contribution in [0.4, 0.5) is 0 Å². The van der Waals surface area contributed by atoms with Crippen molar-refractivity contribution in [1.82, 2.24) is 4.90 Å². The highest BCUT2D eigenvalue weighted by atomic mass is 16.5. The minimum Gasteiger partial charge on any atom is -0.497 e. The van der Waals surface area contributed by atoms with Gasteiger partial charge in [0, 0.05) is 19.1 Å². The maximum absolute atomic E-state index is 9.54. The minimum atomic E-state index is 0.0826. The summed E-state index contributed by atoms with van der Waals surface area (Å²) in [5, 5.41) is 9.54. The number of methoxy groups -OCH3 is 2. The molecule has 0 saturated heterocycles. The Bertz CT molecular complexity index is 531. The Morgan fingerprint density at radius 1 is 0.826 bits per heavy atom. The quantitative estimate of drug-likeness (QED) is 0.813. The fourth-order valence-corrected chi connectivity index (χ4v) is 2.41. The maximum atomic E-state index is 9.54. The van der Waals surface area contributed by atoms with Crippen molar-refractivity contribution >= 4 is 0 Å². The molecule has 0 fully saturated rings. The second kappa shape index (κ2) is 8.56. The molecule has 0 aliphatic carbocycles. The van der Waals surface area contributed by atoms with Crippen LogP contribution in [0.25, 0.3) is 0 Å². The molecule has 0 amide bonds. The minimum absolute atomic E-state index is 0.0826. The molecule has 4 nitrogen and oxygen atoms in total. The fraction of sp³-hybridized carbons (Fsp3) is 0.368. The summed E-state index contributed by atoms with van der Waals surface area (Å²) >= 11 is 0. The van der Waals surface area contributed by atoms with Gasteiger partial charge in [0.15, 0.2) is 0 Å². The first-order valence-electron chi connectivity index (χ1n) is 7.77. The molecule has 124 valence electrons. The molecule has 0 spiro atoms. The van der Waals surface area contributed by atoms with Crippen LogP contribution in [0.1, 0.15) is 18.1 Å². The number of nitrogens with zero attached hydrogens (tertiary/aromatic N) is 1. The Balaban J connectivity index is 2.08. The maximum Gasteiger partial charge on any atom is 0.118 e. The molecule has 2 aromatic carbocycles. The molecule has 0 aliphatic heterocycles. The smallest absolute Gasteiger partial charge is 0.118 e. The zero-order valence-electron chi connectivity index (χ0n) is 14.0. The molecular weight excluding hydrogens is 290 g/mol. The average molecular weight is 315 g/mol. The van der Waals surface area contributed by atoms with E-state index in [1.165, 1.54) is 11.1 Å². The van der Waals surface area contributed by atoms with Gasteiger partial charge in [0.2, 0.25) is 0 Å². The van der Waals surface area contributed by atoms with Gasteiger partial charge in [0.05, 0.1) is 20.8 Å². The molecule has 1 N–H and O–H groups in total. The molecule has 0 aliphatic rings. The molecule has 0 aromatic heterocycles. The highest BCUT2D eigenvalue weighted by Gasteiger charge is 2.14. The number of rotatable bonds is 8. The van der Waals surface area contributed by atoms with Crippen LogP contribution in [0.2, 0.25) is 0 Å². The molecule has 4 heteroatoms. The van der Waals surface area contributed by atoms with Crippen LogP contribution in [0.5, 0.6) is 11.5 Å². The number of hydrogen-bond acceptors (Lipinski definition) is 4. The summed E-state index contributed by atoms with van der Waals surface area (Å²) in [6, 6.07) is 16.2. The highest BCUT2D eigenvalue weighted by Crippen LogP contribution is 2.18. The lowest BCUT2D eigenvalue weighted by atomic mass is 10.1. The molecule has 0 saturated carbocycles. The van der Waals surface area contributed by atoms with Gasteiger partial charge in [-0.1, -0.05) is 24.3 Å². The molecular formula is C19H25NO3. The van der Waals surface area contributed by atoms with Crippen LogP contribution in [-0.4, -0.2) is 36.9 Å². The SMILES string of the molecule is COc1ccc(CN(Cc2ccc(OC)cc2)[C@H](C)CO)cc1. The highest BCUT2D eigenvalue weighted by molar-refractivity contribution is 5.28. The van der Waals surface area contributed by atoms with Crippen molar-refractivity contribution in [1.29, 1.82) is 0 Å². The van der Waals surface area contributed by atoms with E-state index in [0.717, 1.165) is 24.6 Å². The Kier molecular flexibility index (Phi) is 6.44. The first-order valence-corrected chi connectivity index (χ1v) is 7.77. The van der Waals surface area contributed by atoms with Crippen molar-refractivity contribution in [2.45, 2.75) is 26.1 Å². The number of aliphatic hydroxyl groups is 1. The Hall–Kier alpha value is -2.04. The third-order valence-corrected chi connectivity index (χ3v) is 3.98. The third-order valence-electron chi connectivity index (χ3n) is 3.98. The van der Waals surface area contributed by atoms with E-state index in [1.54, 1.807) is 14.2 Å². The second-order valence-corrected chi connectivity index (χ2v) is 5.63. The lowest BCUT2D eigenvalue weighted by molar-refractivity contribution is 0.121. The molecule has 0 radical (unpaired) electrons. The summed E-state index contributed by atoms with van der Waals surface area (Å²) in [7, 11) is 3.33. The third kappa shape index (κ3) is 4.98. The zero-order valence-corrected chi connectivity index (χ0v) is 14.0. The van der Waals surface area contributed by atoms with Gasteiger partial charge in [-0.2, -0.15) is 0 Å². The molecule has 2 rings (SSSR count). The molecule has 1 atom stereocenters. The summed E-state index contributed by atoms with van der Waals surface area (Å²) in [6.07, 6.45) is 0. The lowest BCUT2D eigenvalue weighted by Crippen LogP contribution is -2.34. The lowest BCUT2D eigenvalue weighted by Gasteiger charge is -2.28. The summed E-state index contributed by atoms with van der Waals surface area (Å²) < 4.78 is 10.4. The van der Waals surface area contributed by atoms with Gasteiger partial charge in [0.1, 0.15) is 11.5 Å². The largest absolute Gasteiger partial charge is 0.497 e. The van der Waals surface area contributed by atoms with Crippen LogP contribution in [0.3, 0.4) is 0 Å². The fourth-order valence-electron chi connectivity index (χ4n) is 2.41. The van der Waals surface area contributed by atoms with Gasteiger partial charge in [0.25, 0.3) is 0 Å². The van der Waals surface area contributed by atoms with Crippen molar-refractivity contribution in [2.24, 2.45) is 0 Å². The summed E-state index contributed by atoms with van der Waals surface area (Å²) in [4.78, 5) is 2.25. The van der Waals surface area contributed by atoms with Gasteiger partial charge >= 0.3 is 0 Å². The molecule has 0 heterocycles. The zero-order chi connectivity index (χ0) is 16.7. The number of ether oxygens (including phenoxy) is 2. The van der Waals surface area contributed by atoms with E-state index in [2.05, 4.69) is 29.2 Å². The Morgan fingerprint density at radius 2 is 1.22 bits per heavy atom. The van der Waals surface area contributed by atoms with Crippen molar-refractivity contribution in [2.75, 3.05) is 20.8 Å². The van der Waals surface area contributed by atoms with Crippen LogP contribution in [-0.2, 0) is 13.1 Å². The molecule has 2 aromatic rings. The van der Waals surface area contributed by atoms with E-state index in [4.69, 9.17) is 9.47 Å². The summed E-state index contributed by atoms with van der Waals surface area (Å²) in [6.45, 7) is 3.72. The number of aliphatic hydroxyl groups excluding tert-OH is 1. The van der Waals surface area contributed by atoms with Gasteiger partial charge in [-0.15, -0.1) is 0 Å². The predicted molar refractivity (Wildman–Crippen MR) is 91.8 cm³/mol.